The van der Waals surface area contributed by atoms with Crippen molar-refractivity contribution >= 4 is 15.8 Å². The lowest BCUT2D eigenvalue weighted by Crippen LogP contribution is -2.43. The number of hydrogen-bond donors (Lipinski definition) is 1. The van der Waals surface area contributed by atoms with Gasteiger partial charge in [0, 0.05) is 18.6 Å². The first-order valence-corrected chi connectivity index (χ1v) is 9.18. The third-order valence-electron chi connectivity index (χ3n) is 3.19. The van der Waals surface area contributed by atoms with Gasteiger partial charge in [0.25, 0.3) is 0 Å². The van der Waals surface area contributed by atoms with Crippen molar-refractivity contribution in [2.75, 3.05) is 31.3 Å². The van der Waals surface area contributed by atoms with Crippen molar-refractivity contribution in [2.45, 2.75) is 45.8 Å². The third kappa shape index (κ3) is 7.24. The largest absolute Gasteiger partial charge is 0.459 e. The van der Waals surface area contributed by atoms with Crippen LogP contribution in [0.3, 0.4) is 0 Å². The Labute approximate surface area is 127 Å². The third-order valence-corrected chi connectivity index (χ3v) is 4.73. The molecule has 0 aromatic carbocycles. The standard InChI is InChI=1S/C14H27NO5S/c1-5-15-12(11-6-7-19-8-11)9-21(17,18)10-13(16)20-14(2,3)4/h11-12,15H,5-10H2,1-4H3. The minimum atomic E-state index is -3.50. The molecule has 2 atom stereocenters. The van der Waals surface area contributed by atoms with E-state index in [1.165, 1.54) is 0 Å². The number of hydrogen-bond acceptors (Lipinski definition) is 6. The van der Waals surface area contributed by atoms with Crippen molar-refractivity contribution in [2.24, 2.45) is 5.92 Å². The fraction of sp³-hybridized carbons (Fsp3) is 0.929. The maximum atomic E-state index is 12.2. The highest BCUT2D eigenvalue weighted by atomic mass is 32.2. The summed E-state index contributed by atoms with van der Waals surface area (Å²) in [7, 11) is -3.50. The highest BCUT2D eigenvalue weighted by Crippen LogP contribution is 2.18. The molecule has 6 nitrogen and oxygen atoms in total. The van der Waals surface area contributed by atoms with Gasteiger partial charge in [-0.15, -0.1) is 0 Å². The summed E-state index contributed by atoms with van der Waals surface area (Å²) in [6.45, 7) is 9.00. The molecule has 7 heteroatoms. The normalized spacial score (nSPS) is 21.2. The topological polar surface area (TPSA) is 81.7 Å². The summed E-state index contributed by atoms with van der Waals surface area (Å²) in [6.07, 6.45) is 0.847. The highest BCUT2D eigenvalue weighted by Gasteiger charge is 2.31. The van der Waals surface area contributed by atoms with Crippen LogP contribution in [0, 0.1) is 5.92 Å². The molecule has 0 aromatic rings. The molecule has 1 fully saturated rings. The predicted octanol–water partition coefficient (Wildman–Crippen LogP) is 0.758. The number of esters is 1. The Hall–Kier alpha value is -0.660. The van der Waals surface area contributed by atoms with E-state index >= 15 is 0 Å². The Bertz CT molecular complexity index is 435. The van der Waals surface area contributed by atoms with E-state index in [0.717, 1.165) is 6.42 Å². The summed E-state index contributed by atoms with van der Waals surface area (Å²) in [4.78, 5) is 11.7. The molecule has 1 aliphatic rings. The second-order valence-electron chi connectivity index (χ2n) is 6.43. The maximum absolute atomic E-state index is 12.2. The van der Waals surface area contributed by atoms with E-state index in [9.17, 15) is 13.2 Å². The van der Waals surface area contributed by atoms with Gasteiger partial charge >= 0.3 is 5.97 Å². The van der Waals surface area contributed by atoms with Crippen LogP contribution in [-0.2, 0) is 24.1 Å². The number of carbonyl (C=O) groups excluding carboxylic acids is 1. The quantitative estimate of drug-likeness (QED) is 0.697. The van der Waals surface area contributed by atoms with Crippen molar-refractivity contribution in [1.82, 2.24) is 5.32 Å². The van der Waals surface area contributed by atoms with E-state index in [1.54, 1.807) is 20.8 Å². The van der Waals surface area contributed by atoms with Gasteiger partial charge in [0.05, 0.1) is 12.4 Å². The molecule has 1 rings (SSSR count). The van der Waals surface area contributed by atoms with Crippen LogP contribution in [0.2, 0.25) is 0 Å². The lowest BCUT2D eigenvalue weighted by Gasteiger charge is -2.23. The van der Waals surface area contributed by atoms with E-state index in [1.807, 2.05) is 6.92 Å². The zero-order chi connectivity index (χ0) is 16.1. The molecule has 1 aliphatic heterocycles. The Morgan fingerprint density at radius 3 is 2.57 bits per heavy atom. The summed E-state index contributed by atoms with van der Waals surface area (Å²) < 4.78 is 34.8. The summed E-state index contributed by atoms with van der Waals surface area (Å²) in [5, 5.41) is 3.19. The second kappa shape index (κ2) is 7.56. The van der Waals surface area contributed by atoms with Crippen LogP contribution < -0.4 is 5.32 Å². The molecule has 0 bridgehead atoms. The predicted molar refractivity (Wildman–Crippen MR) is 80.9 cm³/mol. The van der Waals surface area contributed by atoms with Gasteiger partial charge in [0.15, 0.2) is 9.84 Å². The minimum absolute atomic E-state index is 0.0614. The monoisotopic (exact) mass is 321 g/mol. The van der Waals surface area contributed by atoms with E-state index in [2.05, 4.69) is 5.32 Å². The number of carbonyl (C=O) groups is 1. The van der Waals surface area contributed by atoms with Gasteiger partial charge < -0.3 is 14.8 Å². The summed E-state index contributed by atoms with van der Waals surface area (Å²) in [6, 6.07) is -0.176. The Morgan fingerprint density at radius 2 is 2.10 bits per heavy atom. The number of nitrogens with one attached hydrogen (secondary N) is 1. The van der Waals surface area contributed by atoms with E-state index in [0.29, 0.717) is 19.8 Å². The van der Waals surface area contributed by atoms with Gasteiger partial charge in [-0.3, -0.25) is 4.79 Å². The number of rotatable bonds is 7. The molecule has 0 spiro atoms. The lowest BCUT2D eigenvalue weighted by atomic mass is 10.0. The van der Waals surface area contributed by atoms with Crippen LogP contribution >= 0.6 is 0 Å². The van der Waals surface area contributed by atoms with Gasteiger partial charge in [-0.25, -0.2) is 8.42 Å². The highest BCUT2D eigenvalue weighted by molar-refractivity contribution is 7.92. The first-order chi connectivity index (χ1) is 9.63. The summed E-state index contributed by atoms with van der Waals surface area (Å²) >= 11 is 0. The molecule has 0 saturated carbocycles. The molecule has 0 radical (unpaired) electrons. The molecule has 2 unspecified atom stereocenters. The molecule has 21 heavy (non-hydrogen) atoms. The molecule has 0 aliphatic carbocycles. The molecule has 124 valence electrons. The van der Waals surface area contributed by atoms with E-state index < -0.39 is 27.2 Å². The summed E-state index contributed by atoms with van der Waals surface area (Å²) in [5.41, 5.74) is -0.674. The van der Waals surface area contributed by atoms with Crippen molar-refractivity contribution in [1.29, 1.82) is 0 Å². The van der Waals surface area contributed by atoms with Gasteiger partial charge in [0.1, 0.15) is 11.4 Å². The van der Waals surface area contributed by atoms with Crippen LogP contribution in [0.5, 0.6) is 0 Å². The number of ether oxygens (including phenoxy) is 2. The van der Waals surface area contributed by atoms with Crippen LogP contribution in [-0.4, -0.2) is 57.3 Å². The average molecular weight is 321 g/mol. The van der Waals surface area contributed by atoms with Crippen LogP contribution in [0.25, 0.3) is 0 Å². The zero-order valence-corrected chi connectivity index (χ0v) is 14.2. The molecule has 1 N–H and O–H groups in total. The second-order valence-corrected chi connectivity index (χ2v) is 8.54. The average Bonchev–Trinajstić information content (AvgIpc) is 2.77. The molecule has 1 heterocycles. The molecule has 0 amide bonds. The Morgan fingerprint density at radius 1 is 1.43 bits per heavy atom. The Balaban J connectivity index is 2.61. The minimum Gasteiger partial charge on any atom is -0.459 e. The zero-order valence-electron chi connectivity index (χ0n) is 13.3. The SMILES string of the molecule is CCNC(CS(=O)(=O)CC(=O)OC(C)(C)C)C1CCOC1. The van der Waals surface area contributed by atoms with Gasteiger partial charge in [0.2, 0.25) is 0 Å². The first-order valence-electron chi connectivity index (χ1n) is 7.36. The van der Waals surface area contributed by atoms with Crippen LogP contribution in [0.1, 0.15) is 34.1 Å². The van der Waals surface area contributed by atoms with E-state index in [-0.39, 0.29) is 17.7 Å². The first kappa shape index (κ1) is 18.4. The van der Waals surface area contributed by atoms with Gasteiger partial charge in [-0.05, 0) is 33.7 Å². The molecular weight excluding hydrogens is 294 g/mol. The van der Waals surface area contributed by atoms with E-state index in [4.69, 9.17) is 9.47 Å². The van der Waals surface area contributed by atoms with Crippen molar-refractivity contribution in [3.05, 3.63) is 0 Å². The van der Waals surface area contributed by atoms with Gasteiger partial charge in [-0.2, -0.15) is 0 Å². The van der Waals surface area contributed by atoms with Crippen LogP contribution in [0.15, 0.2) is 0 Å². The molecule has 1 saturated heterocycles. The van der Waals surface area contributed by atoms with Crippen molar-refractivity contribution in [3.63, 3.8) is 0 Å². The maximum Gasteiger partial charge on any atom is 0.321 e. The number of sulfone groups is 1. The molecule has 0 aromatic heterocycles. The molecular formula is C14H27NO5S. The van der Waals surface area contributed by atoms with Crippen molar-refractivity contribution < 1.29 is 22.7 Å². The smallest absolute Gasteiger partial charge is 0.321 e. The summed E-state index contributed by atoms with van der Waals surface area (Å²) in [5.74, 6) is -1.15. The van der Waals surface area contributed by atoms with Crippen LogP contribution in [0.4, 0.5) is 0 Å². The fourth-order valence-electron chi connectivity index (χ4n) is 2.38. The van der Waals surface area contributed by atoms with Gasteiger partial charge in [-0.1, -0.05) is 6.92 Å². The Kier molecular flexibility index (Phi) is 6.62. The fourth-order valence-corrected chi connectivity index (χ4v) is 3.85. The lowest BCUT2D eigenvalue weighted by molar-refractivity contribution is -0.151. The van der Waals surface area contributed by atoms with Crippen molar-refractivity contribution in [3.8, 4) is 0 Å².